The Morgan fingerprint density at radius 3 is 2.58 bits per heavy atom. The Bertz CT molecular complexity index is 499. The molecule has 1 aliphatic carbocycles. The van der Waals surface area contributed by atoms with Crippen LogP contribution in [0, 0.1) is 0 Å². The summed E-state index contributed by atoms with van der Waals surface area (Å²) in [5.41, 5.74) is 0.529. The summed E-state index contributed by atoms with van der Waals surface area (Å²) in [6.07, 6.45) is 1.68. The highest BCUT2D eigenvalue weighted by Crippen LogP contribution is 2.29. The third kappa shape index (κ3) is 3.15. The van der Waals surface area contributed by atoms with Crippen molar-refractivity contribution in [1.29, 1.82) is 0 Å². The first kappa shape index (κ1) is 13.2. The van der Waals surface area contributed by atoms with Crippen LogP contribution >= 0.6 is 0 Å². The Kier molecular flexibility index (Phi) is 3.59. The minimum Gasteiger partial charge on any atom is -0.508 e. The zero-order chi connectivity index (χ0) is 14.0. The average molecular weight is 264 g/mol. The number of anilines is 1. The predicted octanol–water partition coefficient (Wildman–Crippen LogP) is 1.50. The van der Waals surface area contributed by atoms with Crippen LogP contribution in [-0.2, 0) is 4.79 Å². The number of aliphatic carboxylic acids is 1. The van der Waals surface area contributed by atoms with Crippen LogP contribution in [0.15, 0.2) is 24.3 Å². The largest absolute Gasteiger partial charge is 0.508 e. The minimum absolute atomic E-state index is 0.0170. The number of benzene rings is 1. The second-order valence-electron chi connectivity index (χ2n) is 4.61. The third-order valence-electron chi connectivity index (χ3n) is 3.04. The molecule has 2 amide bonds. The SMILES string of the molecule is CN(C(=O)N(CC(=O)O)C1CC1)c1cccc(O)c1. The monoisotopic (exact) mass is 264 g/mol. The first-order valence-electron chi connectivity index (χ1n) is 6.04. The van der Waals surface area contributed by atoms with E-state index in [9.17, 15) is 14.7 Å². The lowest BCUT2D eigenvalue weighted by Gasteiger charge is -2.27. The van der Waals surface area contributed by atoms with E-state index in [1.807, 2.05) is 0 Å². The van der Waals surface area contributed by atoms with E-state index in [0.29, 0.717) is 5.69 Å². The van der Waals surface area contributed by atoms with Gasteiger partial charge in [-0.25, -0.2) is 4.79 Å². The van der Waals surface area contributed by atoms with Crippen molar-refractivity contribution in [3.8, 4) is 5.75 Å². The lowest BCUT2D eigenvalue weighted by Crippen LogP contribution is -2.45. The molecule has 0 unspecified atom stereocenters. The molecule has 1 aromatic rings. The van der Waals surface area contributed by atoms with Crippen LogP contribution in [0.1, 0.15) is 12.8 Å². The normalized spacial score (nSPS) is 13.9. The molecule has 0 aromatic heterocycles. The standard InChI is InChI=1S/C13H16N2O4/c1-14(10-3-2-4-11(16)7-10)13(19)15(8-12(17)18)9-5-6-9/h2-4,7,9,16H,5-6,8H2,1H3,(H,17,18). The first-order valence-corrected chi connectivity index (χ1v) is 6.04. The molecule has 0 spiro atoms. The maximum atomic E-state index is 12.3. The Morgan fingerprint density at radius 1 is 1.37 bits per heavy atom. The minimum atomic E-state index is -1.02. The number of hydrogen-bond donors (Lipinski definition) is 2. The number of aromatic hydroxyl groups is 1. The number of hydrogen-bond acceptors (Lipinski definition) is 3. The molecule has 0 radical (unpaired) electrons. The summed E-state index contributed by atoms with van der Waals surface area (Å²) in [6.45, 7) is -0.299. The Balaban J connectivity index is 2.14. The van der Waals surface area contributed by atoms with Gasteiger partial charge in [0, 0.05) is 24.8 Å². The number of carbonyl (C=O) groups excluding carboxylic acids is 1. The molecule has 0 aliphatic heterocycles. The molecule has 6 nitrogen and oxygen atoms in total. The van der Waals surface area contributed by atoms with Crippen molar-refractivity contribution in [2.45, 2.75) is 18.9 Å². The van der Waals surface area contributed by atoms with Crippen molar-refractivity contribution in [2.24, 2.45) is 0 Å². The summed E-state index contributed by atoms with van der Waals surface area (Å²) in [5.74, 6) is -0.960. The van der Waals surface area contributed by atoms with Crippen LogP contribution in [0.4, 0.5) is 10.5 Å². The van der Waals surface area contributed by atoms with Crippen molar-refractivity contribution in [1.82, 2.24) is 4.90 Å². The molecule has 1 saturated carbocycles. The maximum Gasteiger partial charge on any atom is 0.325 e. The highest BCUT2D eigenvalue weighted by Gasteiger charge is 2.35. The van der Waals surface area contributed by atoms with Gasteiger partial charge in [0.1, 0.15) is 12.3 Å². The van der Waals surface area contributed by atoms with E-state index in [0.717, 1.165) is 12.8 Å². The predicted molar refractivity (Wildman–Crippen MR) is 69.3 cm³/mol. The highest BCUT2D eigenvalue weighted by atomic mass is 16.4. The molecule has 0 atom stereocenters. The number of phenols is 1. The molecule has 1 aliphatic rings. The van der Waals surface area contributed by atoms with Crippen LogP contribution in [0.5, 0.6) is 5.75 Å². The summed E-state index contributed by atoms with van der Waals surface area (Å²) in [4.78, 5) is 25.8. The summed E-state index contributed by atoms with van der Waals surface area (Å²) in [7, 11) is 1.56. The van der Waals surface area contributed by atoms with Gasteiger partial charge >= 0.3 is 12.0 Å². The van der Waals surface area contributed by atoms with E-state index in [2.05, 4.69) is 0 Å². The molecule has 6 heteroatoms. The van der Waals surface area contributed by atoms with Crippen molar-refractivity contribution < 1.29 is 19.8 Å². The number of carbonyl (C=O) groups is 2. The molecule has 1 aromatic carbocycles. The molecule has 2 rings (SSSR count). The fourth-order valence-corrected chi connectivity index (χ4v) is 1.89. The van der Waals surface area contributed by atoms with E-state index >= 15 is 0 Å². The van der Waals surface area contributed by atoms with E-state index in [-0.39, 0.29) is 24.4 Å². The summed E-state index contributed by atoms with van der Waals surface area (Å²) in [5, 5.41) is 18.3. The molecule has 19 heavy (non-hydrogen) atoms. The zero-order valence-corrected chi connectivity index (χ0v) is 10.6. The topological polar surface area (TPSA) is 81.1 Å². The lowest BCUT2D eigenvalue weighted by molar-refractivity contribution is -0.137. The highest BCUT2D eigenvalue weighted by molar-refractivity contribution is 5.93. The van der Waals surface area contributed by atoms with Crippen LogP contribution < -0.4 is 4.90 Å². The maximum absolute atomic E-state index is 12.3. The van der Waals surface area contributed by atoms with Crippen molar-refractivity contribution in [2.75, 3.05) is 18.5 Å². The number of urea groups is 1. The third-order valence-corrected chi connectivity index (χ3v) is 3.04. The Hall–Kier alpha value is -2.24. The summed E-state index contributed by atoms with van der Waals surface area (Å²) in [6, 6.07) is 5.94. The second kappa shape index (κ2) is 5.17. The van der Waals surface area contributed by atoms with Crippen molar-refractivity contribution in [3.05, 3.63) is 24.3 Å². The number of nitrogens with zero attached hydrogens (tertiary/aromatic N) is 2. The number of rotatable bonds is 4. The first-order chi connectivity index (χ1) is 8.99. The fourth-order valence-electron chi connectivity index (χ4n) is 1.89. The van der Waals surface area contributed by atoms with Gasteiger partial charge in [0.15, 0.2) is 0 Å². The summed E-state index contributed by atoms with van der Waals surface area (Å²) < 4.78 is 0. The quantitative estimate of drug-likeness (QED) is 0.863. The smallest absolute Gasteiger partial charge is 0.325 e. The van der Waals surface area contributed by atoms with Crippen molar-refractivity contribution >= 4 is 17.7 Å². The van der Waals surface area contributed by atoms with Gasteiger partial charge in [0.2, 0.25) is 0 Å². The molecule has 0 saturated heterocycles. The molecular weight excluding hydrogens is 248 g/mol. The van der Waals surface area contributed by atoms with Gasteiger partial charge in [0.25, 0.3) is 0 Å². The Labute approximate surface area is 110 Å². The molecule has 0 bridgehead atoms. The molecular formula is C13H16N2O4. The molecule has 102 valence electrons. The van der Waals surface area contributed by atoms with Gasteiger partial charge in [-0.05, 0) is 25.0 Å². The van der Waals surface area contributed by atoms with Crippen molar-refractivity contribution in [3.63, 3.8) is 0 Å². The van der Waals surface area contributed by atoms with Crippen LogP contribution in [-0.4, -0.2) is 46.7 Å². The fraction of sp³-hybridized carbons (Fsp3) is 0.385. The number of phenolic OH excluding ortho intramolecular Hbond substituents is 1. The van der Waals surface area contributed by atoms with Crippen LogP contribution in [0.25, 0.3) is 0 Å². The van der Waals surface area contributed by atoms with Gasteiger partial charge in [0.05, 0.1) is 0 Å². The zero-order valence-electron chi connectivity index (χ0n) is 10.6. The molecule has 2 N–H and O–H groups in total. The van der Waals surface area contributed by atoms with Gasteiger partial charge in [-0.3, -0.25) is 9.69 Å². The van der Waals surface area contributed by atoms with Crippen LogP contribution in [0.2, 0.25) is 0 Å². The van der Waals surface area contributed by atoms with Gasteiger partial charge in [-0.1, -0.05) is 6.07 Å². The summed E-state index contributed by atoms with van der Waals surface area (Å²) >= 11 is 0. The van der Waals surface area contributed by atoms with Gasteiger partial charge in [-0.2, -0.15) is 0 Å². The van der Waals surface area contributed by atoms with Crippen LogP contribution in [0.3, 0.4) is 0 Å². The van der Waals surface area contributed by atoms with E-state index in [1.54, 1.807) is 19.2 Å². The average Bonchev–Trinajstić information content (AvgIpc) is 3.18. The van der Waals surface area contributed by atoms with E-state index in [4.69, 9.17) is 5.11 Å². The Morgan fingerprint density at radius 2 is 2.05 bits per heavy atom. The van der Waals surface area contributed by atoms with Gasteiger partial charge in [-0.15, -0.1) is 0 Å². The second-order valence-corrected chi connectivity index (χ2v) is 4.61. The lowest BCUT2D eigenvalue weighted by atomic mass is 10.3. The number of amides is 2. The van der Waals surface area contributed by atoms with Gasteiger partial charge < -0.3 is 15.1 Å². The van der Waals surface area contributed by atoms with E-state index < -0.39 is 5.97 Å². The molecule has 1 fully saturated rings. The number of carboxylic acid groups (broad SMARTS) is 1. The molecule has 0 heterocycles. The number of carboxylic acids is 1. The van der Waals surface area contributed by atoms with E-state index in [1.165, 1.54) is 21.9 Å².